The van der Waals surface area contributed by atoms with Gasteiger partial charge in [-0.3, -0.25) is 4.79 Å². The number of fused-ring (bicyclic) bond motifs is 3. The molecule has 2 aromatic rings. The normalized spacial score (nSPS) is 17.9. The quantitative estimate of drug-likeness (QED) is 0.392. The molecule has 0 unspecified atom stereocenters. The molecule has 0 saturated heterocycles. The first-order chi connectivity index (χ1) is 13.6. The second kappa shape index (κ2) is 8.95. The number of hydrogen-bond donors (Lipinski definition) is 1. The minimum atomic E-state index is -0.156. The lowest BCUT2D eigenvalue weighted by atomic mass is 9.97. The second-order valence-electron chi connectivity index (χ2n) is 7.88. The number of carbonyl (C=O) groups is 1. The molecule has 150 valence electrons. The highest BCUT2D eigenvalue weighted by atomic mass is 32.2. The summed E-state index contributed by atoms with van der Waals surface area (Å²) in [4.78, 5) is 24.6. The molecular weight excluding hydrogens is 386 g/mol. The van der Waals surface area contributed by atoms with Crippen LogP contribution in [0.1, 0.15) is 68.1 Å². The fourth-order valence-corrected chi connectivity index (χ4v) is 6.57. The standard InChI is InChI=1S/C22H29N3OS2/c1-14(20(26)23-13-12-16-8-4-3-5-9-16)27-21-19-17-10-6-7-11-18(17)28-22(19)25-15(2)24-21/h8,14H,3-7,9-13H2,1-2H3,(H,23,26)/t14-/m1/s1. The Morgan fingerprint density at radius 1 is 1.21 bits per heavy atom. The Labute approximate surface area is 175 Å². The first kappa shape index (κ1) is 19.9. The van der Waals surface area contributed by atoms with Crippen molar-refractivity contribution in [3.8, 4) is 0 Å². The van der Waals surface area contributed by atoms with E-state index >= 15 is 0 Å². The molecule has 1 N–H and O–H groups in total. The van der Waals surface area contributed by atoms with E-state index in [1.807, 2.05) is 25.2 Å². The lowest BCUT2D eigenvalue weighted by molar-refractivity contribution is -0.120. The van der Waals surface area contributed by atoms with Crippen LogP contribution < -0.4 is 5.32 Å². The van der Waals surface area contributed by atoms with Gasteiger partial charge in [-0.1, -0.05) is 23.4 Å². The zero-order valence-electron chi connectivity index (χ0n) is 16.8. The lowest BCUT2D eigenvalue weighted by Crippen LogP contribution is -2.32. The predicted molar refractivity (Wildman–Crippen MR) is 118 cm³/mol. The smallest absolute Gasteiger partial charge is 0.233 e. The van der Waals surface area contributed by atoms with Crippen LogP contribution in [-0.2, 0) is 17.6 Å². The van der Waals surface area contributed by atoms with Crippen LogP contribution in [0.2, 0.25) is 0 Å². The van der Waals surface area contributed by atoms with Crippen molar-refractivity contribution in [1.29, 1.82) is 0 Å². The topological polar surface area (TPSA) is 54.9 Å². The number of thiophene rings is 1. The lowest BCUT2D eigenvalue weighted by Gasteiger charge is -2.16. The van der Waals surface area contributed by atoms with E-state index in [1.54, 1.807) is 11.8 Å². The molecule has 28 heavy (non-hydrogen) atoms. The summed E-state index contributed by atoms with van der Waals surface area (Å²) < 4.78 is 0. The second-order valence-corrected chi connectivity index (χ2v) is 10.3. The van der Waals surface area contributed by atoms with Crippen molar-refractivity contribution in [2.24, 2.45) is 0 Å². The molecule has 0 spiro atoms. The molecule has 0 saturated carbocycles. The SMILES string of the molecule is Cc1nc(S[C@H](C)C(=O)NCCC2=CCCCC2)c2c3c(sc2n1)CCCC3. The van der Waals surface area contributed by atoms with Crippen molar-refractivity contribution >= 4 is 39.2 Å². The summed E-state index contributed by atoms with van der Waals surface area (Å²) in [5.74, 6) is 0.903. The molecule has 0 aliphatic heterocycles. The molecule has 2 aliphatic rings. The van der Waals surface area contributed by atoms with Crippen LogP contribution in [0, 0.1) is 6.92 Å². The number of nitrogens with one attached hydrogen (secondary N) is 1. The molecule has 0 fully saturated rings. The van der Waals surface area contributed by atoms with Gasteiger partial charge in [0.2, 0.25) is 5.91 Å². The Bertz CT molecular complexity index is 903. The maximum absolute atomic E-state index is 12.6. The van der Waals surface area contributed by atoms with Gasteiger partial charge in [-0.05, 0) is 77.2 Å². The first-order valence-electron chi connectivity index (χ1n) is 10.5. The molecule has 4 rings (SSSR count). The predicted octanol–water partition coefficient (Wildman–Crippen LogP) is 5.37. The van der Waals surface area contributed by atoms with Gasteiger partial charge < -0.3 is 5.32 Å². The van der Waals surface area contributed by atoms with Gasteiger partial charge in [-0.2, -0.15) is 0 Å². The van der Waals surface area contributed by atoms with Crippen LogP contribution in [0.15, 0.2) is 16.7 Å². The Hall–Kier alpha value is -1.40. The summed E-state index contributed by atoms with van der Waals surface area (Å²) in [6.45, 7) is 4.68. The Balaban J connectivity index is 1.44. The first-order valence-corrected chi connectivity index (χ1v) is 12.2. The van der Waals surface area contributed by atoms with Gasteiger partial charge in [0.15, 0.2) is 0 Å². The van der Waals surface area contributed by atoms with Crippen LogP contribution in [0.5, 0.6) is 0 Å². The van der Waals surface area contributed by atoms with Crippen molar-refractivity contribution in [2.45, 2.75) is 81.9 Å². The number of aryl methyl sites for hydroxylation is 3. The van der Waals surface area contributed by atoms with E-state index in [-0.39, 0.29) is 11.2 Å². The highest BCUT2D eigenvalue weighted by Gasteiger charge is 2.23. The van der Waals surface area contributed by atoms with Gasteiger partial charge in [-0.25, -0.2) is 9.97 Å². The molecule has 0 radical (unpaired) electrons. The van der Waals surface area contributed by atoms with Crippen molar-refractivity contribution in [2.75, 3.05) is 6.54 Å². The van der Waals surface area contributed by atoms with Gasteiger partial charge in [-0.15, -0.1) is 11.3 Å². The third-order valence-electron chi connectivity index (χ3n) is 5.68. The van der Waals surface area contributed by atoms with Gasteiger partial charge in [0.05, 0.1) is 5.25 Å². The monoisotopic (exact) mass is 415 g/mol. The van der Waals surface area contributed by atoms with Crippen LogP contribution in [0.3, 0.4) is 0 Å². The fraction of sp³-hybridized carbons (Fsp3) is 0.591. The number of allylic oxidation sites excluding steroid dienone is 1. The third kappa shape index (κ3) is 4.43. The third-order valence-corrected chi connectivity index (χ3v) is 7.95. The largest absolute Gasteiger partial charge is 0.355 e. The summed E-state index contributed by atoms with van der Waals surface area (Å²) in [5, 5.41) is 5.17. The molecule has 1 amide bonds. The van der Waals surface area contributed by atoms with E-state index in [9.17, 15) is 4.79 Å². The highest BCUT2D eigenvalue weighted by Crippen LogP contribution is 2.40. The Morgan fingerprint density at radius 2 is 2.04 bits per heavy atom. The Morgan fingerprint density at radius 3 is 2.86 bits per heavy atom. The average molecular weight is 416 g/mol. The number of rotatable bonds is 6. The van der Waals surface area contributed by atoms with Crippen LogP contribution in [0.4, 0.5) is 0 Å². The van der Waals surface area contributed by atoms with Crippen molar-refractivity contribution in [3.05, 3.63) is 27.9 Å². The molecule has 0 bridgehead atoms. The zero-order chi connectivity index (χ0) is 19.5. The number of amides is 1. The van der Waals surface area contributed by atoms with Gasteiger partial charge in [0.1, 0.15) is 15.7 Å². The van der Waals surface area contributed by atoms with Crippen LogP contribution in [0.25, 0.3) is 10.2 Å². The average Bonchev–Trinajstić information content (AvgIpc) is 3.06. The summed E-state index contributed by atoms with van der Waals surface area (Å²) >= 11 is 3.41. The van der Waals surface area contributed by atoms with Crippen molar-refractivity contribution < 1.29 is 4.79 Å². The summed E-state index contributed by atoms with van der Waals surface area (Å²) in [6.07, 6.45) is 13.1. The van der Waals surface area contributed by atoms with Gasteiger partial charge >= 0.3 is 0 Å². The zero-order valence-corrected chi connectivity index (χ0v) is 18.5. The maximum Gasteiger partial charge on any atom is 0.233 e. The van der Waals surface area contributed by atoms with Crippen LogP contribution >= 0.6 is 23.1 Å². The number of aromatic nitrogens is 2. The number of thioether (sulfide) groups is 1. The summed E-state index contributed by atoms with van der Waals surface area (Å²) in [5.41, 5.74) is 2.94. The summed E-state index contributed by atoms with van der Waals surface area (Å²) in [7, 11) is 0. The van der Waals surface area contributed by atoms with E-state index in [4.69, 9.17) is 4.98 Å². The number of hydrogen-bond acceptors (Lipinski definition) is 5. The maximum atomic E-state index is 12.6. The van der Waals surface area contributed by atoms with E-state index in [2.05, 4.69) is 16.4 Å². The molecule has 4 nitrogen and oxygen atoms in total. The van der Waals surface area contributed by atoms with E-state index in [0.717, 1.165) is 41.5 Å². The molecule has 2 aromatic heterocycles. The van der Waals surface area contributed by atoms with Crippen molar-refractivity contribution in [3.63, 3.8) is 0 Å². The minimum Gasteiger partial charge on any atom is -0.355 e. The molecule has 6 heteroatoms. The van der Waals surface area contributed by atoms with E-state index < -0.39 is 0 Å². The number of nitrogens with zero attached hydrogens (tertiary/aromatic N) is 2. The molecular formula is C22H29N3OS2. The molecule has 2 heterocycles. The summed E-state index contributed by atoms with van der Waals surface area (Å²) in [6, 6.07) is 0. The fourth-order valence-electron chi connectivity index (χ4n) is 4.15. The molecule has 2 aliphatic carbocycles. The highest BCUT2D eigenvalue weighted by molar-refractivity contribution is 8.00. The molecule has 1 atom stereocenters. The van der Waals surface area contributed by atoms with Gasteiger partial charge in [0, 0.05) is 16.8 Å². The Kier molecular flexibility index (Phi) is 6.36. The minimum absolute atomic E-state index is 0.106. The molecule has 0 aromatic carbocycles. The van der Waals surface area contributed by atoms with Crippen molar-refractivity contribution in [1.82, 2.24) is 15.3 Å². The number of carbonyl (C=O) groups excluding carboxylic acids is 1. The van der Waals surface area contributed by atoms with Crippen LogP contribution in [-0.4, -0.2) is 27.7 Å². The van der Waals surface area contributed by atoms with E-state index in [1.165, 1.54) is 59.9 Å². The van der Waals surface area contributed by atoms with E-state index in [0.29, 0.717) is 0 Å². The van der Waals surface area contributed by atoms with Gasteiger partial charge in [0.25, 0.3) is 0 Å².